The van der Waals surface area contributed by atoms with Crippen LogP contribution in [-0.4, -0.2) is 67.2 Å². The number of anilines is 1. The number of rotatable bonds is 9. The molecule has 3 heterocycles. The Kier molecular flexibility index (Phi) is 7.75. The van der Waals surface area contributed by atoms with Crippen molar-refractivity contribution in [1.82, 2.24) is 20.1 Å². The van der Waals surface area contributed by atoms with Gasteiger partial charge in [0.25, 0.3) is 11.8 Å². The fourth-order valence-corrected chi connectivity index (χ4v) is 6.74. The highest BCUT2D eigenvalue weighted by atomic mass is 16.5. The van der Waals surface area contributed by atoms with E-state index in [-0.39, 0.29) is 17.9 Å². The average Bonchev–Trinajstić information content (AvgIpc) is 3.68. The van der Waals surface area contributed by atoms with Crippen LogP contribution in [0.4, 0.5) is 5.69 Å². The zero-order valence-corrected chi connectivity index (χ0v) is 25.4. The van der Waals surface area contributed by atoms with Gasteiger partial charge in [-0.15, -0.1) is 0 Å². The quantitative estimate of drug-likeness (QED) is 0.383. The number of benzene rings is 2. The number of nitrogens with zero attached hydrogens (tertiary/aromatic N) is 3. The maximum Gasteiger partial charge on any atom is 0.267 e. The van der Waals surface area contributed by atoms with Gasteiger partial charge >= 0.3 is 0 Å². The van der Waals surface area contributed by atoms with E-state index >= 15 is 0 Å². The molecule has 8 nitrogen and oxygen atoms in total. The number of hydrogen-bond acceptors (Lipinski definition) is 5. The second kappa shape index (κ2) is 11.5. The smallest absolute Gasteiger partial charge is 0.267 e. The van der Waals surface area contributed by atoms with Crippen LogP contribution in [0.2, 0.25) is 0 Å². The fourth-order valence-electron chi connectivity index (χ4n) is 6.74. The predicted octanol–water partition coefficient (Wildman–Crippen LogP) is 4.92. The number of methoxy groups -OCH3 is 1. The van der Waals surface area contributed by atoms with Crippen LogP contribution in [0.25, 0.3) is 11.1 Å². The number of carbonyl (C=O) groups is 2. The van der Waals surface area contributed by atoms with E-state index in [0.29, 0.717) is 29.1 Å². The Balaban J connectivity index is 1.19. The van der Waals surface area contributed by atoms with Crippen molar-refractivity contribution < 1.29 is 14.3 Å². The molecule has 3 fully saturated rings. The van der Waals surface area contributed by atoms with E-state index in [2.05, 4.69) is 44.7 Å². The predicted molar refractivity (Wildman–Crippen MR) is 166 cm³/mol. The highest BCUT2D eigenvalue weighted by Crippen LogP contribution is 2.38. The van der Waals surface area contributed by atoms with Crippen LogP contribution in [0.5, 0.6) is 5.75 Å². The van der Waals surface area contributed by atoms with Gasteiger partial charge in [0.15, 0.2) is 0 Å². The maximum atomic E-state index is 13.7. The van der Waals surface area contributed by atoms with Gasteiger partial charge in [0.05, 0.1) is 13.2 Å². The summed E-state index contributed by atoms with van der Waals surface area (Å²) in [5, 5.41) is 5.92. The summed E-state index contributed by atoms with van der Waals surface area (Å²) >= 11 is 0. The van der Waals surface area contributed by atoms with Gasteiger partial charge < -0.3 is 24.8 Å². The Morgan fingerprint density at radius 2 is 1.71 bits per heavy atom. The molecule has 8 heteroatoms. The van der Waals surface area contributed by atoms with Gasteiger partial charge in [-0.05, 0) is 98.5 Å². The lowest BCUT2D eigenvalue weighted by molar-refractivity contribution is 0.0935. The van der Waals surface area contributed by atoms with E-state index in [1.807, 2.05) is 49.9 Å². The highest BCUT2D eigenvalue weighted by molar-refractivity contribution is 5.97. The van der Waals surface area contributed by atoms with E-state index in [1.54, 1.807) is 14.2 Å². The minimum Gasteiger partial charge on any atom is -0.497 e. The lowest BCUT2D eigenvalue weighted by Crippen LogP contribution is -2.54. The summed E-state index contributed by atoms with van der Waals surface area (Å²) in [6.07, 6.45) is 7.29. The first kappa shape index (κ1) is 28.3. The van der Waals surface area contributed by atoms with Gasteiger partial charge in [0.1, 0.15) is 11.4 Å². The molecule has 42 heavy (non-hydrogen) atoms. The monoisotopic (exact) mass is 569 g/mol. The van der Waals surface area contributed by atoms with Gasteiger partial charge in [-0.2, -0.15) is 0 Å². The van der Waals surface area contributed by atoms with Crippen LogP contribution in [0.3, 0.4) is 0 Å². The molecular weight excluding hydrogens is 526 g/mol. The first-order valence-corrected chi connectivity index (χ1v) is 15.2. The summed E-state index contributed by atoms with van der Waals surface area (Å²) in [6.45, 7) is 7.35. The van der Waals surface area contributed by atoms with Crippen molar-refractivity contribution in [3.8, 4) is 16.9 Å². The third-order valence-electron chi connectivity index (χ3n) is 9.44. The number of nitrogens with one attached hydrogen (secondary N) is 2. The minimum atomic E-state index is -0.252. The molecule has 2 bridgehead atoms. The number of aromatic nitrogens is 1. The molecule has 2 amide bonds. The Labute approximate surface area is 249 Å². The standard InChI is InChI=1S/C34H43N5O3/c1-21-6-9-27(38-19-28-10-11-29(20-38)39(28)17-23-7-8-23)16-31(21)33(40)36-22(2)24-12-25(14-30(13-24)42-5)26-15-32(34(41)35-3)37(4)18-26/h6,9,12-16,18,22-23,28-29H,7-8,10-11,17,19-20H2,1-5H3,(H,35,41)(H,36,40)/t22-,28-,29+/m1/s1. The molecule has 0 spiro atoms. The highest BCUT2D eigenvalue weighted by Gasteiger charge is 2.42. The van der Waals surface area contributed by atoms with Crippen LogP contribution in [0.15, 0.2) is 48.7 Å². The zero-order chi connectivity index (χ0) is 29.5. The van der Waals surface area contributed by atoms with Gasteiger partial charge in [-0.3, -0.25) is 14.5 Å². The number of piperazine rings is 1. The molecule has 3 aliphatic rings. The lowest BCUT2D eigenvalue weighted by Gasteiger charge is -2.42. The largest absolute Gasteiger partial charge is 0.497 e. The summed E-state index contributed by atoms with van der Waals surface area (Å²) < 4.78 is 7.42. The first-order valence-electron chi connectivity index (χ1n) is 15.2. The van der Waals surface area contributed by atoms with Gasteiger partial charge in [0, 0.05) is 68.8 Å². The average molecular weight is 570 g/mol. The summed E-state index contributed by atoms with van der Waals surface area (Å²) in [6, 6.07) is 15.2. The van der Waals surface area contributed by atoms with Crippen molar-refractivity contribution in [2.75, 3.05) is 38.7 Å². The van der Waals surface area contributed by atoms with E-state index in [1.165, 1.54) is 32.2 Å². The SMILES string of the molecule is CNC(=O)c1cc(-c2cc(OC)cc([C@@H](C)NC(=O)c3cc(N4C[C@H]5CC[C@@H](C4)N5CC4CC4)ccc3C)c2)cn1C. The van der Waals surface area contributed by atoms with Crippen molar-refractivity contribution in [1.29, 1.82) is 0 Å². The topological polar surface area (TPSA) is 78.8 Å². The normalized spacial score (nSPS) is 20.8. The van der Waals surface area contributed by atoms with Crippen LogP contribution in [0.1, 0.15) is 70.6 Å². The molecule has 0 radical (unpaired) electrons. The number of fused-ring (bicyclic) bond motifs is 2. The first-order chi connectivity index (χ1) is 20.2. The number of aryl methyl sites for hydroxylation is 2. The molecule has 2 aromatic carbocycles. The summed E-state index contributed by atoms with van der Waals surface area (Å²) in [7, 11) is 5.12. The van der Waals surface area contributed by atoms with Crippen LogP contribution >= 0.6 is 0 Å². The Hall–Kier alpha value is -3.78. The molecule has 1 saturated carbocycles. The van der Waals surface area contributed by atoms with Gasteiger partial charge in [0.2, 0.25) is 0 Å². The molecule has 2 aliphatic heterocycles. The molecule has 2 N–H and O–H groups in total. The molecule has 1 aliphatic carbocycles. The molecule has 3 aromatic rings. The van der Waals surface area contributed by atoms with E-state index in [9.17, 15) is 9.59 Å². The Morgan fingerprint density at radius 1 is 0.976 bits per heavy atom. The molecule has 222 valence electrons. The summed E-state index contributed by atoms with van der Waals surface area (Å²) in [5.74, 6) is 1.40. The van der Waals surface area contributed by atoms with Crippen molar-refractivity contribution >= 4 is 17.5 Å². The number of ether oxygens (including phenoxy) is 1. The van der Waals surface area contributed by atoms with Crippen LogP contribution < -0.4 is 20.3 Å². The fraction of sp³-hybridized carbons (Fsp3) is 0.471. The molecule has 2 saturated heterocycles. The minimum absolute atomic E-state index is 0.0804. The molecule has 3 atom stereocenters. The molecular formula is C34H43N5O3. The Morgan fingerprint density at radius 3 is 2.38 bits per heavy atom. The Bertz CT molecular complexity index is 1480. The third-order valence-corrected chi connectivity index (χ3v) is 9.44. The number of amides is 2. The van der Waals surface area contributed by atoms with Crippen molar-refractivity contribution in [3.05, 3.63) is 71.0 Å². The van der Waals surface area contributed by atoms with Crippen molar-refractivity contribution in [2.45, 2.75) is 57.7 Å². The van der Waals surface area contributed by atoms with Crippen LogP contribution in [0, 0.1) is 12.8 Å². The summed E-state index contributed by atoms with van der Waals surface area (Å²) in [5.41, 5.74) is 6.16. The summed E-state index contributed by atoms with van der Waals surface area (Å²) in [4.78, 5) is 31.2. The molecule has 6 rings (SSSR count). The number of hydrogen-bond donors (Lipinski definition) is 2. The molecule has 0 unspecified atom stereocenters. The third kappa shape index (κ3) is 5.64. The zero-order valence-electron chi connectivity index (χ0n) is 25.4. The van der Waals surface area contributed by atoms with E-state index in [0.717, 1.165) is 46.9 Å². The number of carbonyl (C=O) groups excluding carboxylic acids is 2. The van der Waals surface area contributed by atoms with E-state index in [4.69, 9.17) is 4.74 Å². The molecule has 1 aromatic heterocycles. The van der Waals surface area contributed by atoms with Crippen LogP contribution in [-0.2, 0) is 7.05 Å². The lowest BCUT2D eigenvalue weighted by atomic mass is 10.00. The second-order valence-electron chi connectivity index (χ2n) is 12.4. The van der Waals surface area contributed by atoms with Crippen molar-refractivity contribution in [2.24, 2.45) is 13.0 Å². The van der Waals surface area contributed by atoms with Gasteiger partial charge in [-0.25, -0.2) is 0 Å². The van der Waals surface area contributed by atoms with Crippen molar-refractivity contribution in [3.63, 3.8) is 0 Å². The van der Waals surface area contributed by atoms with E-state index < -0.39 is 0 Å². The maximum absolute atomic E-state index is 13.7. The van der Waals surface area contributed by atoms with Gasteiger partial charge in [-0.1, -0.05) is 6.07 Å². The second-order valence-corrected chi connectivity index (χ2v) is 12.4.